The molecule has 1 aromatic heterocycles. The van der Waals surface area contributed by atoms with Crippen LogP contribution in [0.2, 0.25) is 0 Å². The van der Waals surface area contributed by atoms with E-state index in [-0.39, 0.29) is 6.61 Å². The Morgan fingerprint density at radius 2 is 1.62 bits per heavy atom. The quantitative estimate of drug-likeness (QED) is 0.343. The molecular formula is C23H32N2O4. The fourth-order valence-corrected chi connectivity index (χ4v) is 3.34. The second-order valence-corrected chi connectivity index (χ2v) is 7.96. The van der Waals surface area contributed by atoms with Gasteiger partial charge in [0.15, 0.2) is 0 Å². The summed E-state index contributed by atoms with van der Waals surface area (Å²) in [5.74, 6) is -2.87. The molecule has 0 saturated carbocycles. The zero-order valence-electron chi connectivity index (χ0n) is 17.4. The molecule has 0 saturated heterocycles. The van der Waals surface area contributed by atoms with Crippen LogP contribution in [0.1, 0.15) is 49.6 Å². The maximum atomic E-state index is 11.1. The van der Waals surface area contributed by atoms with E-state index < -0.39 is 17.5 Å². The lowest BCUT2D eigenvalue weighted by Crippen LogP contribution is -2.43. The number of ether oxygens (including phenoxy) is 1. The van der Waals surface area contributed by atoms with Crippen LogP contribution in [-0.2, 0) is 40.6 Å². The zero-order chi connectivity index (χ0) is 21.3. The summed E-state index contributed by atoms with van der Waals surface area (Å²) in [7, 11) is 2.06. The third-order valence-corrected chi connectivity index (χ3v) is 5.23. The number of unbranched alkanes of at least 4 members (excludes halogenated alkanes) is 2. The molecule has 29 heavy (non-hydrogen) atoms. The Hall–Kier alpha value is -2.60. The summed E-state index contributed by atoms with van der Waals surface area (Å²) >= 11 is 0. The zero-order valence-corrected chi connectivity index (χ0v) is 17.4. The Morgan fingerprint density at radius 3 is 2.28 bits per heavy atom. The Kier molecular flexibility index (Phi) is 8.46. The minimum absolute atomic E-state index is 0.114. The van der Waals surface area contributed by atoms with Crippen LogP contribution >= 0.6 is 0 Å². The van der Waals surface area contributed by atoms with Crippen LogP contribution in [0.3, 0.4) is 0 Å². The molecule has 0 unspecified atom stereocenters. The number of hydrogen-bond acceptors (Lipinski definition) is 4. The van der Waals surface area contributed by atoms with Gasteiger partial charge in [0.25, 0.3) is 0 Å². The van der Waals surface area contributed by atoms with E-state index >= 15 is 0 Å². The summed E-state index contributed by atoms with van der Waals surface area (Å²) in [4.78, 5) is 21.6. The maximum absolute atomic E-state index is 11.1. The van der Waals surface area contributed by atoms with Gasteiger partial charge in [0, 0.05) is 24.0 Å². The Labute approximate surface area is 172 Å². The van der Waals surface area contributed by atoms with Gasteiger partial charge >= 0.3 is 11.9 Å². The number of carbonyl (C=O) groups excluding carboxylic acids is 1. The number of aromatic nitrogens is 1. The molecule has 158 valence electrons. The highest BCUT2D eigenvalue weighted by atomic mass is 16.6. The summed E-state index contributed by atoms with van der Waals surface area (Å²) in [5.41, 5.74) is 9.25. The summed E-state index contributed by atoms with van der Waals surface area (Å²) in [6.45, 7) is 1.65. The van der Waals surface area contributed by atoms with Crippen molar-refractivity contribution in [2.24, 2.45) is 12.8 Å². The SMILES string of the molecule is Cn1c(CCCCCc2ccccc2)ccc1CC[C@@](C)(N)COC(=O)C(=O)O. The van der Waals surface area contributed by atoms with Gasteiger partial charge in [0.2, 0.25) is 0 Å². The van der Waals surface area contributed by atoms with E-state index in [2.05, 4.69) is 48.0 Å². The van der Waals surface area contributed by atoms with Gasteiger partial charge in [-0.3, -0.25) is 0 Å². The van der Waals surface area contributed by atoms with Crippen molar-refractivity contribution in [3.8, 4) is 0 Å². The molecular weight excluding hydrogens is 368 g/mol. The predicted molar refractivity (Wildman–Crippen MR) is 113 cm³/mol. The molecule has 0 fully saturated rings. The van der Waals surface area contributed by atoms with Crippen LogP contribution in [-0.4, -0.2) is 33.8 Å². The van der Waals surface area contributed by atoms with Crippen LogP contribution in [0.15, 0.2) is 42.5 Å². The second-order valence-electron chi connectivity index (χ2n) is 7.96. The van der Waals surface area contributed by atoms with Crippen LogP contribution in [0.5, 0.6) is 0 Å². The average Bonchev–Trinajstić information content (AvgIpc) is 3.05. The van der Waals surface area contributed by atoms with Gasteiger partial charge in [-0.05, 0) is 63.1 Å². The van der Waals surface area contributed by atoms with Crippen molar-refractivity contribution in [2.45, 2.75) is 57.4 Å². The lowest BCUT2D eigenvalue weighted by atomic mass is 9.97. The van der Waals surface area contributed by atoms with E-state index in [0.29, 0.717) is 6.42 Å². The number of rotatable bonds is 11. The first kappa shape index (κ1) is 22.7. The number of hydrogen-bond donors (Lipinski definition) is 2. The molecule has 0 amide bonds. The lowest BCUT2D eigenvalue weighted by Gasteiger charge is -2.23. The Balaban J connectivity index is 1.72. The number of benzene rings is 1. The van der Waals surface area contributed by atoms with Gasteiger partial charge in [0.1, 0.15) is 6.61 Å². The highest BCUT2D eigenvalue weighted by Gasteiger charge is 2.23. The van der Waals surface area contributed by atoms with Crippen molar-refractivity contribution in [3.63, 3.8) is 0 Å². The summed E-state index contributed by atoms with van der Waals surface area (Å²) < 4.78 is 6.93. The molecule has 0 aliphatic heterocycles. The molecule has 1 atom stereocenters. The van der Waals surface area contributed by atoms with E-state index in [1.807, 2.05) is 6.07 Å². The summed E-state index contributed by atoms with van der Waals surface area (Å²) in [6.07, 6.45) is 7.05. The number of aryl methyl sites for hydroxylation is 3. The molecule has 1 aromatic carbocycles. The molecule has 2 aromatic rings. The van der Waals surface area contributed by atoms with Crippen molar-refractivity contribution < 1.29 is 19.4 Å². The first-order valence-electron chi connectivity index (χ1n) is 10.1. The monoisotopic (exact) mass is 400 g/mol. The standard InChI is InChI=1S/C23H32N2O4/c1-23(24,17-29-22(28)21(26)27)16-15-20-14-13-19(25(20)2)12-8-4-7-11-18-9-5-3-6-10-18/h3,5-6,9-10,13-14H,4,7-8,11-12,15-17,24H2,1-2H3,(H,26,27)/t23-/m1/s1. The Bertz CT molecular complexity index is 796. The summed E-state index contributed by atoms with van der Waals surface area (Å²) in [5, 5.41) is 8.57. The van der Waals surface area contributed by atoms with Crippen LogP contribution in [0.4, 0.5) is 0 Å². The van der Waals surface area contributed by atoms with E-state index in [1.165, 1.54) is 29.8 Å². The van der Waals surface area contributed by atoms with Crippen molar-refractivity contribution in [3.05, 3.63) is 59.4 Å². The predicted octanol–water partition coefficient (Wildman–Crippen LogP) is 3.26. The van der Waals surface area contributed by atoms with Crippen LogP contribution in [0.25, 0.3) is 0 Å². The number of carboxylic acid groups (broad SMARTS) is 1. The number of esters is 1. The lowest BCUT2D eigenvalue weighted by molar-refractivity contribution is -0.164. The molecule has 6 nitrogen and oxygen atoms in total. The number of carboxylic acids is 1. The van der Waals surface area contributed by atoms with E-state index in [9.17, 15) is 9.59 Å². The average molecular weight is 401 g/mol. The van der Waals surface area contributed by atoms with Gasteiger partial charge < -0.3 is 20.1 Å². The first-order valence-corrected chi connectivity index (χ1v) is 10.1. The highest BCUT2D eigenvalue weighted by Crippen LogP contribution is 2.17. The van der Waals surface area contributed by atoms with Gasteiger partial charge in [-0.2, -0.15) is 0 Å². The third-order valence-electron chi connectivity index (χ3n) is 5.23. The van der Waals surface area contributed by atoms with Gasteiger partial charge in [-0.1, -0.05) is 36.8 Å². The molecule has 6 heteroatoms. The molecule has 0 bridgehead atoms. The van der Waals surface area contributed by atoms with Crippen molar-refractivity contribution in [1.29, 1.82) is 0 Å². The largest absolute Gasteiger partial charge is 0.473 e. The normalized spacial score (nSPS) is 13.1. The van der Waals surface area contributed by atoms with Crippen LogP contribution in [0, 0.1) is 0 Å². The molecule has 0 radical (unpaired) electrons. The van der Waals surface area contributed by atoms with Crippen LogP contribution < -0.4 is 5.73 Å². The minimum atomic E-state index is -1.60. The van der Waals surface area contributed by atoms with Gasteiger partial charge in [-0.15, -0.1) is 0 Å². The first-order chi connectivity index (χ1) is 13.8. The smallest absolute Gasteiger partial charge is 0.417 e. The van der Waals surface area contributed by atoms with E-state index in [0.717, 1.165) is 25.7 Å². The van der Waals surface area contributed by atoms with Crippen molar-refractivity contribution in [2.75, 3.05) is 6.61 Å². The fraction of sp³-hybridized carbons (Fsp3) is 0.478. The Morgan fingerprint density at radius 1 is 1.00 bits per heavy atom. The molecule has 0 aliphatic carbocycles. The number of nitrogens with two attached hydrogens (primary N) is 1. The minimum Gasteiger partial charge on any atom is -0.473 e. The van der Waals surface area contributed by atoms with E-state index in [4.69, 9.17) is 15.6 Å². The van der Waals surface area contributed by atoms with Crippen molar-refractivity contribution in [1.82, 2.24) is 4.57 Å². The van der Waals surface area contributed by atoms with Crippen molar-refractivity contribution >= 4 is 11.9 Å². The number of aliphatic carboxylic acids is 1. The van der Waals surface area contributed by atoms with Gasteiger partial charge in [0.05, 0.1) is 0 Å². The third kappa shape index (κ3) is 7.74. The molecule has 2 rings (SSSR count). The second kappa shape index (κ2) is 10.8. The molecule has 0 aliphatic rings. The van der Waals surface area contributed by atoms with E-state index in [1.54, 1.807) is 6.92 Å². The highest BCUT2D eigenvalue weighted by molar-refractivity contribution is 6.28. The molecule has 1 heterocycles. The van der Waals surface area contributed by atoms with Gasteiger partial charge in [-0.25, -0.2) is 9.59 Å². The number of nitrogens with zero attached hydrogens (tertiary/aromatic N) is 1. The maximum Gasteiger partial charge on any atom is 0.417 e. The molecule has 0 spiro atoms. The fourth-order valence-electron chi connectivity index (χ4n) is 3.34. The molecule has 3 N–H and O–H groups in total. The summed E-state index contributed by atoms with van der Waals surface area (Å²) in [6, 6.07) is 14.8. The number of carbonyl (C=O) groups is 2. The topological polar surface area (TPSA) is 94.5 Å².